The lowest BCUT2D eigenvalue weighted by atomic mass is 10.1. The number of hydrogen-bond acceptors (Lipinski definition) is 3. The number of methoxy groups -OCH3 is 1. The normalized spacial score (nSPS) is 16.1. The van der Waals surface area contributed by atoms with Gasteiger partial charge in [-0.25, -0.2) is 0 Å². The van der Waals surface area contributed by atoms with Gasteiger partial charge in [-0.15, -0.1) is 0 Å². The number of nitrogens with one attached hydrogen (secondary N) is 2. The highest BCUT2D eigenvalue weighted by Crippen LogP contribution is 2.23. The number of rotatable bonds is 4. The average Bonchev–Trinajstić information content (AvgIpc) is 2.40. The Morgan fingerprint density at radius 1 is 1.47 bits per heavy atom. The Morgan fingerprint density at radius 2 is 2.21 bits per heavy atom. The van der Waals surface area contributed by atoms with Crippen LogP contribution in [0.5, 0.6) is 5.75 Å². The third-order valence-electron chi connectivity index (χ3n) is 3.30. The molecule has 0 atom stereocenters. The van der Waals surface area contributed by atoms with Gasteiger partial charge in [-0.05, 0) is 44.1 Å². The third-order valence-corrected chi connectivity index (χ3v) is 3.53. The maximum atomic E-state index is 12.0. The molecule has 0 unspecified atom stereocenters. The lowest BCUT2D eigenvalue weighted by Crippen LogP contribution is -2.43. The molecule has 104 valence electrons. The van der Waals surface area contributed by atoms with Gasteiger partial charge in [0.05, 0.1) is 13.5 Å². The Balaban J connectivity index is 1.95. The highest BCUT2D eigenvalue weighted by Gasteiger charge is 2.16. The number of carbonyl (C=O) groups excluding carboxylic acids is 1. The molecule has 0 aromatic heterocycles. The Labute approximate surface area is 118 Å². The van der Waals surface area contributed by atoms with Crippen LogP contribution in [0, 0.1) is 0 Å². The van der Waals surface area contributed by atoms with E-state index in [-0.39, 0.29) is 11.9 Å². The molecule has 4 nitrogen and oxygen atoms in total. The van der Waals surface area contributed by atoms with Gasteiger partial charge in [0, 0.05) is 16.6 Å². The maximum Gasteiger partial charge on any atom is 0.224 e. The van der Waals surface area contributed by atoms with Gasteiger partial charge >= 0.3 is 0 Å². The SMILES string of the molecule is COc1ccc(Cl)cc1CC(=O)NC1CCNCC1. The first kappa shape index (κ1) is 14.2. The summed E-state index contributed by atoms with van der Waals surface area (Å²) < 4.78 is 5.24. The van der Waals surface area contributed by atoms with Crippen LogP contribution in [0.25, 0.3) is 0 Å². The van der Waals surface area contributed by atoms with Crippen LogP contribution in [0.2, 0.25) is 5.02 Å². The zero-order chi connectivity index (χ0) is 13.7. The van der Waals surface area contributed by atoms with Crippen LogP contribution in [-0.4, -0.2) is 32.1 Å². The van der Waals surface area contributed by atoms with Gasteiger partial charge in [0.2, 0.25) is 5.91 Å². The zero-order valence-corrected chi connectivity index (χ0v) is 11.8. The third kappa shape index (κ3) is 4.11. The summed E-state index contributed by atoms with van der Waals surface area (Å²) in [4.78, 5) is 12.0. The molecule has 2 rings (SSSR count). The van der Waals surface area contributed by atoms with E-state index < -0.39 is 0 Å². The molecule has 5 heteroatoms. The molecule has 1 amide bonds. The molecule has 1 aromatic rings. The van der Waals surface area contributed by atoms with E-state index in [9.17, 15) is 4.79 Å². The molecule has 1 fully saturated rings. The predicted octanol–water partition coefficient (Wildman–Crippen LogP) is 1.76. The summed E-state index contributed by atoms with van der Waals surface area (Å²) >= 11 is 5.95. The molecule has 1 saturated heterocycles. The van der Waals surface area contributed by atoms with E-state index in [1.54, 1.807) is 25.3 Å². The zero-order valence-electron chi connectivity index (χ0n) is 11.0. The number of carbonyl (C=O) groups is 1. The number of piperidine rings is 1. The first-order valence-corrected chi connectivity index (χ1v) is 6.89. The van der Waals surface area contributed by atoms with Gasteiger partial charge in [0.25, 0.3) is 0 Å². The van der Waals surface area contributed by atoms with Crippen molar-refractivity contribution >= 4 is 17.5 Å². The maximum absolute atomic E-state index is 12.0. The molecule has 0 bridgehead atoms. The number of ether oxygens (including phenoxy) is 1. The summed E-state index contributed by atoms with van der Waals surface area (Å²) in [5, 5.41) is 6.95. The molecule has 0 saturated carbocycles. The summed E-state index contributed by atoms with van der Waals surface area (Å²) in [6, 6.07) is 5.60. The molecule has 1 aromatic carbocycles. The highest BCUT2D eigenvalue weighted by atomic mass is 35.5. The second kappa shape index (κ2) is 6.78. The Bertz CT molecular complexity index is 445. The lowest BCUT2D eigenvalue weighted by molar-refractivity contribution is -0.121. The molecule has 0 radical (unpaired) electrons. The van der Waals surface area contributed by atoms with Gasteiger partial charge in [0.1, 0.15) is 5.75 Å². The van der Waals surface area contributed by atoms with Crippen molar-refractivity contribution in [2.24, 2.45) is 0 Å². The predicted molar refractivity (Wildman–Crippen MR) is 75.7 cm³/mol. The van der Waals surface area contributed by atoms with Crippen LogP contribution >= 0.6 is 11.6 Å². The fraction of sp³-hybridized carbons (Fsp3) is 0.500. The van der Waals surface area contributed by atoms with Crippen molar-refractivity contribution in [1.82, 2.24) is 10.6 Å². The topological polar surface area (TPSA) is 50.4 Å². The number of halogens is 1. The molecular formula is C14H19ClN2O2. The van der Waals surface area contributed by atoms with Crippen LogP contribution in [0.3, 0.4) is 0 Å². The molecular weight excluding hydrogens is 264 g/mol. The number of amides is 1. The fourth-order valence-electron chi connectivity index (χ4n) is 2.30. The first-order chi connectivity index (χ1) is 9.19. The van der Waals surface area contributed by atoms with E-state index in [0.717, 1.165) is 31.5 Å². The smallest absolute Gasteiger partial charge is 0.224 e. The van der Waals surface area contributed by atoms with Crippen molar-refractivity contribution in [3.8, 4) is 5.75 Å². The highest BCUT2D eigenvalue weighted by molar-refractivity contribution is 6.30. The first-order valence-electron chi connectivity index (χ1n) is 6.51. The van der Waals surface area contributed by atoms with Crippen LogP contribution < -0.4 is 15.4 Å². The standard InChI is InChI=1S/C14H19ClN2O2/c1-19-13-3-2-11(15)8-10(13)9-14(18)17-12-4-6-16-7-5-12/h2-3,8,12,16H,4-7,9H2,1H3,(H,17,18). The van der Waals surface area contributed by atoms with E-state index in [2.05, 4.69) is 10.6 Å². The quantitative estimate of drug-likeness (QED) is 0.885. The van der Waals surface area contributed by atoms with Gasteiger partial charge in [-0.1, -0.05) is 11.6 Å². The van der Waals surface area contributed by atoms with Gasteiger partial charge in [-0.3, -0.25) is 4.79 Å². The van der Waals surface area contributed by atoms with Gasteiger partial charge in [-0.2, -0.15) is 0 Å². The Kier molecular flexibility index (Phi) is 5.05. The van der Waals surface area contributed by atoms with Crippen LogP contribution in [0.15, 0.2) is 18.2 Å². The minimum absolute atomic E-state index is 0.0208. The van der Waals surface area contributed by atoms with Crippen LogP contribution in [0.1, 0.15) is 18.4 Å². The lowest BCUT2D eigenvalue weighted by Gasteiger charge is -2.23. The van der Waals surface area contributed by atoms with Crippen LogP contribution in [-0.2, 0) is 11.2 Å². The molecule has 0 aliphatic carbocycles. The van der Waals surface area contributed by atoms with Gasteiger partial charge in [0.15, 0.2) is 0 Å². The largest absolute Gasteiger partial charge is 0.496 e. The van der Waals surface area contributed by atoms with E-state index in [1.165, 1.54) is 0 Å². The molecule has 19 heavy (non-hydrogen) atoms. The molecule has 1 heterocycles. The van der Waals surface area contributed by atoms with Crippen LogP contribution in [0.4, 0.5) is 0 Å². The monoisotopic (exact) mass is 282 g/mol. The van der Waals surface area contributed by atoms with E-state index in [4.69, 9.17) is 16.3 Å². The van der Waals surface area contributed by atoms with Crippen molar-refractivity contribution in [2.75, 3.05) is 20.2 Å². The van der Waals surface area contributed by atoms with Crippen molar-refractivity contribution < 1.29 is 9.53 Å². The van der Waals surface area contributed by atoms with Crippen molar-refractivity contribution in [2.45, 2.75) is 25.3 Å². The second-order valence-corrected chi connectivity index (χ2v) is 5.16. The summed E-state index contributed by atoms with van der Waals surface area (Å²) in [7, 11) is 1.59. The molecule has 2 N–H and O–H groups in total. The Hall–Kier alpha value is -1.26. The summed E-state index contributed by atoms with van der Waals surface area (Å²) in [6.07, 6.45) is 2.27. The second-order valence-electron chi connectivity index (χ2n) is 4.72. The van der Waals surface area contributed by atoms with Gasteiger partial charge < -0.3 is 15.4 Å². The number of hydrogen-bond donors (Lipinski definition) is 2. The van der Waals surface area contributed by atoms with Crippen molar-refractivity contribution in [3.05, 3.63) is 28.8 Å². The summed E-state index contributed by atoms with van der Waals surface area (Å²) in [5.41, 5.74) is 0.821. The summed E-state index contributed by atoms with van der Waals surface area (Å²) in [6.45, 7) is 1.93. The summed E-state index contributed by atoms with van der Waals surface area (Å²) in [5.74, 6) is 0.720. The number of benzene rings is 1. The molecule has 1 aliphatic heterocycles. The minimum Gasteiger partial charge on any atom is -0.496 e. The minimum atomic E-state index is 0.0208. The average molecular weight is 283 g/mol. The molecule has 1 aliphatic rings. The Morgan fingerprint density at radius 3 is 2.89 bits per heavy atom. The van der Waals surface area contributed by atoms with E-state index >= 15 is 0 Å². The molecule has 0 spiro atoms. The van der Waals surface area contributed by atoms with Crippen molar-refractivity contribution in [3.63, 3.8) is 0 Å². The fourth-order valence-corrected chi connectivity index (χ4v) is 2.50. The van der Waals surface area contributed by atoms with Crippen molar-refractivity contribution in [1.29, 1.82) is 0 Å². The van der Waals surface area contributed by atoms with E-state index in [0.29, 0.717) is 17.2 Å². The van der Waals surface area contributed by atoms with E-state index in [1.807, 2.05) is 0 Å².